The fourth-order valence-corrected chi connectivity index (χ4v) is 3.72. The predicted octanol–water partition coefficient (Wildman–Crippen LogP) is 6.42. The van der Waals surface area contributed by atoms with Crippen molar-refractivity contribution in [2.24, 2.45) is 0 Å². The van der Waals surface area contributed by atoms with Crippen LogP contribution in [0.15, 0.2) is 60.7 Å². The zero-order valence-corrected chi connectivity index (χ0v) is 19.4. The summed E-state index contributed by atoms with van der Waals surface area (Å²) in [7, 11) is 0. The van der Waals surface area contributed by atoms with Gasteiger partial charge in [0, 0.05) is 27.8 Å². The highest BCUT2D eigenvalue weighted by Crippen LogP contribution is 2.39. The third-order valence-corrected chi connectivity index (χ3v) is 5.21. The van der Waals surface area contributed by atoms with E-state index in [1.54, 1.807) is 18.2 Å². The van der Waals surface area contributed by atoms with Crippen molar-refractivity contribution < 1.29 is 23.4 Å². The first-order chi connectivity index (χ1) is 16.5. The van der Waals surface area contributed by atoms with Crippen molar-refractivity contribution in [3.05, 3.63) is 72.0 Å². The zero-order chi connectivity index (χ0) is 24.1. The predicted molar refractivity (Wildman–Crippen MR) is 132 cm³/mol. The van der Waals surface area contributed by atoms with Gasteiger partial charge in [0.1, 0.15) is 5.82 Å². The van der Waals surface area contributed by atoms with Gasteiger partial charge in [-0.1, -0.05) is 12.1 Å². The molecule has 0 radical (unpaired) electrons. The lowest BCUT2D eigenvalue weighted by molar-refractivity contribution is 0.102. The van der Waals surface area contributed by atoms with Gasteiger partial charge in [-0.25, -0.2) is 4.39 Å². The Kier molecular flexibility index (Phi) is 7.01. The van der Waals surface area contributed by atoms with E-state index in [1.807, 2.05) is 51.1 Å². The number of nitrogens with one attached hydrogen (secondary N) is 2. The van der Waals surface area contributed by atoms with Crippen molar-refractivity contribution in [1.82, 2.24) is 4.98 Å². The molecule has 176 valence electrons. The molecule has 0 atom stereocenters. The summed E-state index contributed by atoms with van der Waals surface area (Å²) >= 11 is 0. The van der Waals surface area contributed by atoms with Crippen LogP contribution in [0.4, 0.5) is 10.1 Å². The van der Waals surface area contributed by atoms with E-state index in [2.05, 4.69) is 10.3 Å². The number of rotatable bonds is 9. The van der Waals surface area contributed by atoms with Crippen LogP contribution in [0.25, 0.3) is 22.2 Å². The van der Waals surface area contributed by atoms with Gasteiger partial charge < -0.3 is 24.5 Å². The molecular weight excluding hydrogens is 435 g/mol. The van der Waals surface area contributed by atoms with Crippen LogP contribution in [-0.2, 0) is 0 Å². The molecule has 7 heteroatoms. The number of hydrogen-bond donors (Lipinski definition) is 2. The van der Waals surface area contributed by atoms with Crippen LogP contribution >= 0.6 is 0 Å². The molecule has 1 amide bonds. The van der Waals surface area contributed by atoms with Crippen molar-refractivity contribution >= 4 is 22.5 Å². The van der Waals surface area contributed by atoms with Gasteiger partial charge in [0.2, 0.25) is 5.75 Å². The maximum atomic E-state index is 13.5. The van der Waals surface area contributed by atoms with E-state index in [4.69, 9.17) is 14.2 Å². The largest absolute Gasteiger partial charge is 0.490 e. The molecule has 3 aromatic carbocycles. The van der Waals surface area contributed by atoms with Crippen molar-refractivity contribution in [2.45, 2.75) is 20.8 Å². The fourth-order valence-electron chi connectivity index (χ4n) is 3.72. The molecule has 0 unspecified atom stereocenters. The highest BCUT2D eigenvalue weighted by atomic mass is 19.1. The molecule has 4 rings (SSSR count). The van der Waals surface area contributed by atoms with Gasteiger partial charge >= 0.3 is 0 Å². The van der Waals surface area contributed by atoms with E-state index in [1.165, 1.54) is 12.1 Å². The van der Waals surface area contributed by atoms with Gasteiger partial charge in [-0.05, 0) is 74.9 Å². The van der Waals surface area contributed by atoms with Crippen LogP contribution in [-0.4, -0.2) is 30.7 Å². The molecule has 0 aliphatic rings. The van der Waals surface area contributed by atoms with E-state index >= 15 is 0 Å². The summed E-state index contributed by atoms with van der Waals surface area (Å²) in [5.74, 6) is 0.853. The molecule has 1 heterocycles. The number of halogens is 1. The normalized spacial score (nSPS) is 10.8. The van der Waals surface area contributed by atoms with Crippen molar-refractivity contribution in [1.29, 1.82) is 0 Å². The Hall–Kier alpha value is -4.00. The van der Waals surface area contributed by atoms with Gasteiger partial charge in [0.15, 0.2) is 11.5 Å². The zero-order valence-electron chi connectivity index (χ0n) is 19.4. The van der Waals surface area contributed by atoms with Gasteiger partial charge in [-0.3, -0.25) is 4.79 Å². The average molecular weight is 463 g/mol. The van der Waals surface area contributed by atoms with E-state index in [9.17, 15) is 9.18 Å². The number of carbonyl (C=O) groups excluding carboxylic acids is 1. The summed E-state index contributed by atoms with van der Waals surface area (Å²) in [6.45, 7) is 6.92. The standard InChI is InChI=1S/C27H27FN2O4/c1-4-32-24-15-19(16-25(33-5-2)26(24)34-6-3)27(31)29-21-10-7-17(8-11-21)23-14-18-13-20(28)9-12-22(18)30-23/h7-16,30H,4-6H2,1-3H3,(H,29,31). The van der Waals surface area contributed by atoms with Crippen molar-refractivity contribution in [3.8, 4) is 28.5 Å². The number of aromatic amines is 1. The number of hydrogen-bond acceptors (Lipinski definition) is 4. The molecule has 0 aliphatic carbocycles. The summed E-state index contributed by atoms with van der Waals surface area (Å²) in [4.78, 5) is 16.3. The second kappa shape index (κ2) is 10.3. The van der Waals surface area contributed by atoms with E-state index in [0.29, 0.717) is 48.3 Å². The molecule has 1 aromatic heterocycles. The topological polar surface area (TPSA) is 72.6 Å². The number of benzene rings is 3. The van der Waals surface area contributed by atoms with Crippen LogP contribution in [0.1, 0.15) is 31.1 Å². The number of H-pyrrole nitrogens is 1. The molecule has 0 spiro atoms. The Bertz CT molecular complexity index is 1270. The first kappa shape index (κ1) is 23.2. The number of aromatic nitrogens is 1. The quantitative estimate of drug-likeness (QED) is 0.301. The summed E-state index contributed by atoms with van der Waals surface area (Å²) in [6, 6.07) is 17.3. The molecule has 0 bridgehead atoms. The Balaban J connectivity index is 1.56. The van der Waals surface area contributed by atoms with E-state index < -0.39 is 0 Å². The van der Waals surface area contributed by atoms with E-state index in [-0.39, 0.29) is 11.7 Å². The molecule has 0 aliphatic heterocycles. The van der Waals surface area contributed by atoms with Gasteiger partial charge in [-0.2, -0.15) is 0 Å². The first-order valence-electron chi connectivity index (χ1n) is 11.3. The monoisotopic (exact) mass is 462 g/mol. The average Bonchev–Trinajstić information content (AvgIpc) is 3.25. The number of amides is 1. The van der Waals surface area contributed by atoms with Crippen LogP contribution in [0.2, 0.25) is 0 Å². The Morgan fingerprint density at radius 2 is 1.50 bits per heavy atom. The van der Waals surface area contributed by atoms with Gasteiger partial charge in [0.25, 0.3) is 5.91 Å². The highest BCUT2D eigenvalue weighted by molar-refractivity contribution is 6.05. The van der Waals surface area contributed by atoms with Crippen LogP contribution < -0.4 is 19.5 Å². The molecule has 4 aromatic rings. The lowest BCUT2D eigenvalue weighted by Crippen LogP contribution is -2.13. The molecule has 6 nitrogen and oxygen atoms in total. The van der Waals surface area contributed by atoms with Crippen LogP contribution in [0, 0.1) is 5.82 Å². The van der Waals surface area contributed by atoms with Gasteiger partial charge in [-0.15, -0.1) is 0 Å². The Labute approximate surface area is 197 Å². The maximum absolute atomic E-state index is 13.5. The minimum atomic E-state index is -0.293. The lowest BCUT2D eigenvalue weighted by atomic mass is 10.1. The lowest BCUT2D eigenvalue weighted by Gasteiger charge is -2.17. The van der Waals surface area contributed by atoms with Crippen molar-refractivity contribution in [3.63, 3.8) is 0 Å². The third-order valence-electron chi connectivity index (χ3n) is 5.21. The maximum Gasteiger partial charge on any atom is 0.255 e. The number of ether oxygens (including phenoxy) is 3. The molecule has 0 saturated carbocycles. The Morgan fingerprint density at radius 1 is 0.853 bits per heavy atom. The summed E-state index contributed by atoms with van der Waals surface area (Å²) in [6.07, 6.45) is 0. The smallest absolute Gasteiger partial charge is 0.255 e. The second-order valence-electron chi connectivity index (χ2n) is 7.55. The second-order valence-corrected chi connectivity index (χ2v) is 7.55. The molecule has 34 heavy (non-hydrogen) atoms. The van der Waals surface area contributed by atoms with E-state index in [0.717, 1.165) is 22.2 Å². The van der Waals surface area contributed by atoms with Crippen LogP contribution in [0.5, 0.6) is 17.2 Å². The van der Waals surface area contributed by atoms with Gasteiger partial charge in [0.05, 0.1) is 19.8 Å². The highest BCUT2D eigenvalue weighted by Gasteiger charge is 2.18. The molecule has 0 fully saturated rings. The summed E-state index contributed by atoms with van der Waals surface area (Å²) in [5.41, 5.74) is 3.69. The summed E-state index contributed by atoms with van der Waals surface area (Å²) in [5, 5.41) is 3.71. The Morgan fingerprint density at radius 3 is 2.12 bits per heavy atom. The first-order valence-corrected chi connectivity index (χ1v) is 11.3. The minimum Gasteiger partial charge on any atom is -0.490 e. The number of carbonyl (C=O) groups is 1. The minimum absolute atomic E-state index is 0.273. The molecule has 2 N–H and O–H groups in total. The SMILES string of the molecule is CCOc1cc(C(=O)Nc2ccc(-c3cc4cc(F)ccc4[nH]3)cc2)cc(OCC)c1OCC. The molecule has 0 saturated heterocycles. The molecular formula is C27H27FN2O4. The number of anilines is 1. The summed E-state index contributed by atoms with van der Waals surface area (Å²) < 4.78 is 30.6. The van der Waals surface area contributed by atoms with Crippen molar-refractivity contribution in [2.75, 3.05) is 25.1 Å². The number of fused-ring (bicyclic) bond motifs is 1. The third kappa shape index (κ3) is 4.98. The van der Waals surface area contributed by atoms with Crippen LogP contribution in [0.3, 0.4) is 0 Å². The fraction of sp³-hybridized carbons (Fsp3) is 0.222.